The van der Waals surface area contributed by atoms with Gasteiger partial charge in [0.25, 0.3) is 0 Å². The standard InChI is InChI=1S/C14H17N5/c1-3-19(2)9-8-16-14-11-6-4-5-7-12(11)17-18-13(14)10-15/h4-7H,3,8-9H2,1-2H3,(H,16,17). The Balaban J connectivity index is 2.27. The molecule has 0 atom stereocenters. The van der Waals surface area contributed by atoms with E-state index in [1.165, 1.54) is 0 Å². The Morgan fingerprint density at radius 2 is 2.11 bits per heavy atom. The molecule has 5 nitrogen and oxygen atoms in total. The van der Waals surface area contributed by atoms with Crippen molar-refractivity contribution in [1.29, 1.82) is 5.26 Å². The Bertz CT molecular complexity index is 602. The SMILES string of the molecule is CCN(C)CCNc1c(C#N)nnc2ccccc12. The van der Waals surface area contributed by atoms with Gasteiger partial charge in [0, 0.05) is 18.5 Å². The maximum Gasteiger partial charge on any atom is 0.186 e. The van der Waals surface area contributed by atoms with Crippen LogP contribution < -0.4 is 5.32 Å². The van der Waals surface area contributed by atoms with Gasteiger partial charge in [-0.05, 0) is 19.7 Å². The molecular formula is C14H17N5. The summed E-state index contributed by atoms with van der Waals surface area (Å²) in [5.74, 6) is 0. The van der Waals surface area contributed by atoms with Crippen molar-refractivity contribution in [1.82, 2.24) is 15.1 Å². The number of rotatable bonds is 5. The summed E-state index contributed by atoms with van der Waals surface area (Å²) in [6.07, 6.45) is 0. The summed E-state index contributed by atoms with van der Waals surface area (Å²) in [5, 5.41) is 21.4. The second-order valence-corrected chi connectivity index (χ2v) is 4.38. The van der Waals surface area contributed by atoms with Crippen LogP contribution in [0.3, 0.4) is 0 Å². The smallest absolute Gasteiger partial charge is 0.186 e. The van der Waals surface area contributed by atoms with Gasteiger partial charge in [-0.15, -0.1) is 10.2 Å². The molecule has 1 aromatic heterocycles. The van der Waals surface area contributed by atoms with E-state index in [0.717, 1.165) is 36.2 Å². The molecule has 1 heterocycles. The molecule has 0 radical (unpaired) electrons. The number of fused-ring (bicyclic) bond motifs is 1. The third-order valence-electron chi connectivity index (χ3n) is 3.11. The summed E-state index contributed by atoms with van der Waals surface area (Å²) in [7, 11) is 2.07. The molecule has 0 saturated heterocycles. The zero-order valence-electron chi connectivity index (χ0n) is 11.2. The Morgan fingerprint density at radius 1 is 1.32 bits per heavy atom. The molecule has 0 saturated carbocycles. The molecule has 0 bridgehead atoms. The number of aromatic nitrogens is 2. The Kier molecular flexibility index (Phi) is 4.26. The number of benzene rings is 1. The highest BCUT2D eigenvalue weighted by Gasteiger charge is 2.09. The van der Waals surface area contributed by atoms with Crippen molar-refractivity contribution < 1.29 is 0 Å². The molecule has 98 valence electrons. The maximum absolute atomic E-state index is 9.13. The zero-order chi connectivity index (χ0) is 13.7. The molecule has 5 heteroatoms. The zero-order valence-corrected chi connectivity index (χ0v) is 11.2. The second-order valence-electron chi connectivity index (χ2n) is 4.38. The van der Waals surface area contributed by atoms with Crippen LogP contribution in [0.4, 0.5) is 5.69 Å². The fraction of sp³-hybridized carbons (Fsp3) is 0.357. The number of anilines is 1. The minimum absolute atomic E-state index is 0.345. The average molecular weight is 255 g/mol. The van der Waals surface area contributed by atoms with E-state index in [4.69, 9.17) is 5.26 Å². The van der Waals surface area contributed by atoms with Crippen molar-refractivity contribution in [3.8, 4) is 6.07 Å². The maximum atomic E-state index is 9.13. The molecule has 1 N–H and O–H groups in total. The van der Waals surface area contributed by atoms with Crippen LogP contribution >= 0.6 is 0 Å². The van der Waals surface area contributed by atoms with Crippen molar-refractivity contribution in [3.63, 3.8) is 0 Å². The number of nitrogens with one attached hydrogen (secondary N) is 1. The van der Waals surface area contributed by atoms with E-state index >= 15 is 0 Å². The lowest BCUT2D eigenvalue weighted by Crippen LogP contribution is -2.25. The predicted molar refractivity (Wildman–Crippen MR) is 75.9 cm³/mol. The highest BCUT2D eigenvalue weighted by Crippen LogP contribution is 2.23. The van der Waals surface area contributed by atoms with Gasteiger partial charge >= 0.3 is 0 Å². The van der Waals surface area contributed by atoms with Crippen LogP contribution in [0.25, 0.3) is 10.9 Å². The van der Waals surface area contributed by atoms with Crippen molar-refractivity contribution in [3.05, 3.63) is 30.0 Å². The summed E-state index contributed by atoms with van der Waals surface area (Å²) >= 11 is 0. The van der Waals surface area contributed by atoms with Crippen molar-refractivity contribution >= 4 is 16.6 Å². The fourth-order valence-electron chi connectivity index (χ4n) is 1.84. The monoisotopic (exact) mass is 255 g/mol. The third kappa shape index (κ3) is 2.98. The second kappa shape index (κ2) is 6.12. The first-order valence-electron chi connectivity index (χ1n) is 6.34. The van der Waals surface area contributed by atoms with E-state index < -0.39 is 0 Å². The van der Waals surface area contributed by atoms with Gasteiger partial charge in [-0.1, -0.05) is 25.1 Å². The predicted octanol–water partition coefficient (Wildman–Crippen LogP) is 1.87. The van der Waals surface area contributed by atoms with Gasteiger partial charge in [0.1, 0.15) is 6.07 Å². The molecule has 0 aliphatic heterocycles. The molecule has 0 spiro atoms. The van der Waals surface area contributed by atoms with Crippen molar-refractivity contribution in [2.45, 2.75) is 6.92 Å². The van der Waals surface area contributed by atoms with E-state index in [-0.39, 0.29) is 0 Å². The summed E-state index contributed by atoms with van der Waals surface area (Å²) < 4.78 is 0. The lowest BCUT2D eigenvalue weighted by Gasteiger charge is -2.15. The number of hydrogen-bond acceptors (Lipinski definition) is 5. The summed E-state index contributed by atoms with van der Waals surface area (Å²) in [6.45, 7) is 4.80. The first kappa shape index (κ1) is 13.2. The highest BCUT2D eigenvalue weighted by molar-refractivity contribution is 5.92. The van der Waals surface area contributed by atoms with Crippen molar-refractivity contribution in [2.24, 2.45) is 0 Å². The van der Waals surface area contributed by atoms with Crippen LogP contribution in [0.5, 0.6) is 0 Å². The van der Waals surface area contributed by atoms with Crippen LogP contribution in [-0.2, 0) is 0 Å². The van der Waals surface area contributed by atoms with Crippen LogP contribution in [0.1, 0.15) is 12.6 Å². The number of nitriles is 1. The van der Waals surface area contributed by atoms with Gasteiger partial charge in [-0.25, -0.2) is 0 Å². The van der Waals surface area contributed by atoms with Crippen molar-refractivity contribution in [2.75, 3.05) is 32.0 Å². The molecule has 0 amide bonds. The minimum Gasteiger partial charge on any atom is -0.381 e. The molecule has 1 aromatic carbocycles. The Morgan fingerprint density at radius 3 is 2.84 bits per heavy atom. The third-order valence-corrected chi connectivity index (χ3v) is 3.11. The minimum atomic E-state index is 0.345. The van der Waals surface area contributed by atoms with Crippen LogP contribution in [-0.4, -0.2) is 41.8 Å². The van der Waals surface area contributed by atoms with E-state index in [1.54, 1.807) is 0 Å². The lowest BCUT2D eigenvalue weighted by atomic mass is 10.1. The van der Waals surface area contributed by atoms with E-state index in [2.05, 4.69) is 40.5 Å². The number of nitrogens with zero attached hydrogens (tertiary/aromatic N) is 4. The van der Waals surface area contributed by atoms with Gasteiger partial charge in [0.2, 0.25) is 0 Å². The topological polar surface area (TPSA) is 64.8 Å². The van der Waals surface area contributed by atoms with Gasteiger partial charge in [0.05, 0.1) is 11.2 Å². The molecule has 2 aromatic rings. The fourth-order valence-corrected chi connectivity index (χ4v) is 1.84. The van der Waals surface area contributed by atoms with E-state index in [1.807, 2.05) is 24.3 Å². The van der Waals surface area contributed by atoms with Crippen LogP contribution in [0.2, 0.25) is 0 Å². The molecule has 0 fully saturated rings. The average Bonchev–Trinajstić information content (AvgIpc) is 2.47. The molecule has 19 heavy (non-hydrogen) atoms. The number of hydrogen-bond donors (Lipinski definition) is 1. The molecular weight excluding hydrogens is 238 g/mol. The van der Waals surface area contributed by atoms with E-state index in [9.17, 15) is 0 Å². The van der Waals surface area contributed by atoms with Gasteiger partial charge in [-0.2, -0.15) is 5.26 Å². The largest absolute Gasteiger partial charge is 0.381 e. The molecule has 2 rings (SSSR count). The van der Waals surface area contributed by atoms with Crippen LogP contribution in [0, 0.1) is 11.3 Å². The number of likely N-dealkylation sites (N-methyl/N-ethyl adjacent to an activating group) is 1. The van der Waals surface area contributed by atoms with E-state index in [0.29, 0.717) is 5.69 Å². The summed E-state index contributed by atoms with van der Waals surface area (Å²) in [4.78, 5) is 2.20. The quantitative estimate of drug-likeness (QED) is 0.883. The van der Waals surface area contributed by atoms with Gasteiger partial charge in [0.15, 0.2) is 5.69 Å². The van der Waals surface area contributed by atoms with Gasteiger partial charge < -0.3 is 10.2 Å². The molecule has 0 aliphatic carbocycles. The Hall–Kier alpha value is -2.19. The van der Waals surface area contributed by atoms with Crippen LogP contribution in [0.15, 0.2) is 24.3 Å². The summed E-state index contributed by atoms with van der Waals surface area (Å²) in [5.41, 5.74) is 1.92. The van der Waals surface area contributed by atoms with Gasteiger partial charge in [-0.3, -0.25) is 0 Å². The lowest BCUT2D eigenvalue weighted by molar-refractivity contribution is 0.367. The first-order chi connectivity index (χ1) is 9.26. The molecule has 0 aliphatic rings. The molecule has 0 unspecified atom stereocenters. The normalized spacial score (nSPS) is 10.6. The highest BCUT2D eigenvalue weighted by atomic mass is 15.1. The first-order valence-corrected chi connectivity index (χ1v) is 6.34. The Labute approximate surface area is 112 Å². The summed E-state index contributed by atoms with van der Waals surface area (Å²) in [6, 6.07) is 9.79.